The molecule has 2 aromatic rings. The van der Waals surface area contributed by atoms with Gasteiger partial charge in [0.15, 0.2) is 0 Å². The predicted octanol–water partition coefficient (Wildman–Crippen LogP) is 2.35. The number of carboxylic acid groups (broad SMARTS) is 1. The van der Waals surface area contributed by atoms with E-state index in [0.717, 1.165) is 5.56 Å². The molecule has 0 radical (unpaired) electrons. The van der Waals surface area contributed by atoms with Gasteiger partial charge in [0.1, 0.15) is 0 Å². The van der Waals surface area contributed by atoms with E-state index in [-0.39, 0.29) is 11.5 Å². The Balaban J connectivity index is 2.90. The molecule has 0 amide bonds. The lowest BCUT2D eigenvalue weighted by Gasteiger charge is -2.11. The zero-order chi connectivity index (χ0) is 11.9. The lowest BCUT2D eigenvalue weighted by atomic mass is 9.94. The number of carbonyl (C=O) groups is 1. The Kier molecular flexibility index (Phi) is 2.38. The minimum Gasteiger partial charge on any atom is -0.478 e. The maximum absolute atomic E-state index is 11.2. The Hall–Kier alpha value is -1.91. The molecule has 5 heteroatoms. The van der Waals surface area contributed by atoms with Gasteiger partial charge in [-0.25, -0.2) is 9.78 Å². The minimum atomic E-state index is -0.961. The molecular weight excluding hydrogens is 208 g/mol. The van der Waals surface area contributed by atoms with Crippen LogP contribution in [0.5, 0.6) is 0 Å². The molecule has 0 aliphatic carbocycles. The van der Waals surface area contributed by atoms with Crippen molar-refractivity contribution in [1.29, 1.82) is 0 Å². The van der Waals surface area contributed by atoms with Gasteiger partial charge in [0.2, 0.25) is 0 Å². The number of nitrogens with zero attached hydrogens (tertiary/aromatic N) is 2. The Bertz CT molecular complexity index is 558. The number of carboxylic acids is 1. The smallest absolute Gasteiger partial charge is 0.337 e. The summed E-state index contributed by atoms with van der Waals surface area (Å²) < 4.78 is 4.97. The quantitative estimate of drug-likeness (QED) is 0.840. The van der Waals surface area contributed by atoms with E-state index in [1.165, 1.54) is 6.20 Å². The third kappa shape index (κ3) is 1.44. The first kappa shape index (κ1) is 10.6. The van der Waals surface area contributed by atoms with Crippen molar-refractivity contribution in [3.05, 3.63) is 23.0 Å². The standard InChI is InChI=1S/C11H12N2O3/c1-5(2)8-7-4-12-16-10(7)13-6(3)9(8)11(14)15/h4-5H,1-3H3,(H,14,15). The summed E-state index contributed by atoms with van der Waals surface area (Å²) in [7, 11) is 0. The van der Waals surface area contributed by atoms with Crippen LogP contribution >= 0.6 is 0 Å². The summed E-state index contributed by atoms with van der Waals surface area (Å²) in [5, 5.41) is 13.5. The highest BCUT2D eigenvalue weighted by Gasteiger charge is 2.22. The molecule has 84 valence electrons. The fourth-order valence-corrected chi connectivity index (χ4v) is 1.91. The normalized spacial score (nSPS) is 11.2. The summed E-state index contributed by atoms with van der Waals surface area (Å²) in [4.78, 5) is 15.3. The number of pyridine rings is 1. The van der Waals surface area contributed by atoms with E-state index in [1.54, 1.807) is 6.92 Å². The Morgan fingerprint density at radius 3 is 2.75 bits per heavy atom. The van der Waals surface area contributed by atoms with Crippen molar-refractivity contribution in [2.75, 3.05) is 0 Å². The molecule has 16 heavy (non-hydrogen) atoms. The molecule has 0 bridgehead atoms. The van der Waals surface area contributed by atoms with E-state index < -0.39 is 5.97 Å². The van der Waals surface area contributed by atoms with Gasteiger partial charge in [-0.05, 0) is 18.4 Å². The van der Waals surface area contributed by atoms with E-state index in [9.17, 15) is 9.90 Å². The second-order valence-electron chi connectivity index (χ2n) is 3.99. The van der Waals surface area contributed by atoms with Crippen LogP contribution in [0.25, 0.3) is 11.1 Å². The minimum absolute atomic E-state index is 0.0784. The monoisotopic (exact) mass is 220 g/mol. The fourth-order valence-electron chi connectivity index (χ4n) is 1.91. The van der Waals surface area contributed by atoms with Crippen molar-refractivity contribution in [1.82, 2.24) is 10.1 Å². The Morgan fingerprint density at radius 2 is 2.19 bits per heavy atom. The van der Waals surface area contributed by atoms with Crippen LogP contribution in [0.4, 0.5) is 0 Å². The molecule has 0 spiro atoms. The molecule has 0 saturated heterocycles. The van der Waals surface area contributed by atoms with Crippen LogP contribution in [-0.2, 0) is 0 Å². The van der Waals surface area contributed by atoms with Gasteiger partial charge < -0.3 is 9.63 Å². The number of fused-ring (bicyclic) bond motifs is 1. The molecule has 0 aliphatic rings. The second kappa shape index (κ2) is 3.59. The molecule has 2 rings (SSSR count). The SMILES string of the molecule is Cc1nc2oncc2c(C(C)C)c1C(=O)O. The highest BCUT2D eigenvalue weighted by atomic mass is 16.5. The molecule has 0 aliphatic heterocycles. The molecule has 0 atom stereocenters. The van der Waals surface area contributed by atoms with Crippen molar-refractivity contribution in [2.45, 2.75) is 26.7 Å². The third-order valence-corrected chi connectivity index (χ3v) is 2.53. The predicted molar refractivity (Wildman–Crippen MR) is 57.6 cm³/mol. The molecule has 2 aromatic heterocycles. The van der Waals surface area contributed by atoms with Crippen LogP contribution in [0.15, 0.2) is 10.7 Å². The summed E-state index contributed by atoms with van der Waals surface area (Å²) in [6, 6.07) is 0. The summed E-state index contributed by atoms with van der Waals surface area (Å²) in [5.41, 5.74) is 1.84. The summed E-state index contributed by atoms with van der Waals surface area (Å²) >= 11 is 0. The first-order chi connectivity index (χ1) is 7.52. The number of hydrogen-bond donors (Lipinski definition) is 1. The first-order valence-electron chi connectivity index (χ1n) is 5.00. The number of hydrogen-bond acceptors (Lipinski definition) is 4. The maximum Gasteiger partial charge on any atom is 0.337 e. The Labute approximate surface area is 92.1 Å². The molecule has 0 unspecified atom stereocenters. The largest absolute Gasteiger partial charge is 0.478 e. The van der Waals surface area contributed by atoms with Crippen LogP contribution < -0.4 is 0 Å². The number of aromatic carboxylic acids is 1. The number of aromatic nitrogens is 2. The van der Waals surface area contributed by atoms with Crippen molar-refractivity contribution in [2.24, 2.45) is 0 Å². The van der Waals surface area contributed by atoms with E-state index in [1.807, 2.05) is 13.8 Å². The van der Waals surface area contributed by atoms with Crippen LogP contribution in [0.3, 0.4) is 0 Å². The van der Waals surface area contributed by atoms with Gasteiger partial charge in [-0.3, -0.25) is 0 Å². The van der Waals surface area contributed by atoms with Crippen molar-refractivity contribution in [3.63, 3.8) is 0 Å². The second-order valence-corrected chi connectivity index (χ2v) is 3.99. The molecule has 2 heterocycles. The molecule has 0 saturated carbocycles. The van der Waals surface area contributed by atoms with Gasteiger partial charge in [-0.2, -0.15) is 0 Å². The molecular formula is C11H12N2O3. The summed E-state index contributed by atoms with van der Waals surface area (Å²) in [5.74, 6) is -0.883. The van der Waals surface area contributed by atoms with Crippen molar-refractivity contribution in [3.8, 4) is 0 Å². The highest BCUT2D eigenvalue weighted by molar-refractivity contribution is 5.96. The third-order valence-electron chi connectivity index (χ3n) is 2.53. The van der Waals surface area contributed by atoms with Crippen molar-refractivity contribution >= 4 is 17.1 Å². The van der Waals surface area contributed by atoms with E-state index in [4.69, 9.17) is 4.52 Å². The molecule has 0 aromatic carbocycles. The van der Waals surface area contributed by atoms with Crippen LogP contribution in [0, 0.1) is 6.92 Å². The van der Waals surface area contributed by atoms with Gasteiger partial charge >= 0.3 is 5.97 Å². The maximum atomic E-state index is 11.2. The van der Waals surface area contributed by atoms with Gasteiger partial charge in [0.05, 0.1) is 22.8 Å². The first-order valence-corrected chi connectivity index (χ1v) is 5.00. The lowest BCUT2D eigenvalue weighted by molar-refractivity contribution is 0.0694. The number of rotatable bonds is 2. The Morgan fingerprint density at radius 1 is 1.50 bits per heavy atom. The number of aryl methyl sites for hydroxylation is 1. The zero-order valence-electron chi connectivity index (χ0n) is 9.31. The van der Waals surface area contributed by atoms with Gasteiger partial charge in [-0.15, -0.1) is 0 Å². The zero-order valence-corrected chi connectivity index (χ0v) is 9.31. The average molecular weight is 220 g/mol. The van der Waals surface area contributed by atoms with E-state index in [0.29, 0.717) is 16.8 Å². The molecule has 1 N–H and O–H groups in total. The van der Waals surface area contributed by atoms with Crippen LogP contribution in [0.1, 0.15) is 41.4 Å². The highest BCUT2D eigenvalue weighted by Crippen LogP contribution is 2.29. The van der Waals surface area contributed by atoms with Gasteiger partial charge in [0, 0.05) is 0 Å². The molecule has 0 fully saturated rings. The van der Waals surface area contributed by atoms with Crippen LogP contribution in [0.2, 0.25) is 0 Å². The van der Waals surface area contributed by atoms with Crippen LogP contribution in [-0.4, -0.2) is 21.2 Å². The van der Waals surface area contributed by atoms with Gasteiger partial charge in [0.25, 0.3) is 5.71 Å². The summed E-state index contributed by atoms with van der Waals surface area (Å²) in [6.45, 7) is 5.54. The average Bonchev–Trinajstić information content (AvgIpc) is 2.61. The lowest BCUT2D eigenvalue weighted by Crippen LogP contribution is -2.08. The van der Waals surface area contributed by atoms with E-state index in [2.05, 4.69) is 10.1 Å². The fraction of sp³-hybridized carbons (Fsp3) is 0.364. The van der Waals surface area contributed by atoms with Gasteiger partial charge in [-0.1, -0.05) is 19.0 Å². The summed E-state index contributed by atoms with van der Waals surface area (Å²) in [6.07, 6.45) is 1.52. The topological polar surface area (TPSA) is 76.2 Å². The molecule has 5 nitrogen and oxygen atoms in total. The van der Waals surface area contributed by atoms with E-state index >= 15 is 0 Å². The van der Waals surface area contributed by atoms with Crippen molar-refractivity contribution < 1.29 is 14.4 Å².